The van der Waals surface area contributed by atoms with E-state index < -0.39 is 0 Å². The van der Waals surface area contributed by atoms with Gasteiger partial charge in [0.1, 0.15) is 5.75 Å². The molecule has 1 heterocycles. The average molecular weight is 262 g/mol. The summed E-state index contributed by atoms with van der Waals surface area (Å²) in [5.41, 5.74) is 1.32. The molecule has 2 rings (SSSR count). The average Bonchev–Trinajstić information content (AvgIpc) is 2.84. The van der Waals surface area contributed by atoms with Gasteiger partial charge < -0.3 is 10.1 Å². The van der Waals surface area contributed by atoms with Crippen molar-refractivity contribution in [1.29, 1.82) is 0 Å². The standard InChI is InChI=1S/C16H26N2O/c1-4-17-16(12-18-10-6-7-13(18)2)14-8-5-9-15(11-14)19-3/h5,8-9,11,13,16-17H,4,6-7,10,12H2,1-3H3. The van der Waals surface area contributed by atoms with E-state index in [-0.39, 0.29) is 0 Å². The third-order valence-corrected chi connectivity index (χ3v) is 4.05. The molecule has 0 saturated carbocycles. The zero-order valence-corrected chi connectivity index (χ0v) is 12.4. The summed E-state index contributed by atoms with van der Waals surface area (Å²) < 4.78 is 5.33. The van der Waals surface area contributed by atoms with Crippen LogP contribution in [-0.4, -0.2) is 37.7 Å². The molecule has 0 bridgehead atoms. The van der Waals surface area contributed by atoms with Crippen molar-refractivity contribution in [3.63, 3.8) is 0 Å². The van der Waals surface area contributed by atoms with Crippen molar-refractivity contribution in [3.05, 3.63) is 29.8 Å². The molecule has 1 fully saturated rings. The molecule has 0 aliphatic carbocycles. The van der Waals surface area contributed by atoms with Gasteiger partial charge in [-0.1, -0.05) is 19.1 Å². The summed E-state index contributed by atoms with van der Waals surface area (Å²) in [6.45, 7) is 7.81. The molecule has 0 radical (unpaired) electrons. The molecule has 106 valence electrons. The van der Waals surface area contributed by atoms with E-state index in [1.165, 1.54) is 24.9 Å². The largest absolute Gasteiger partial charge is 0.497 e. The summed E-state index contributed by atoms with van der Waals surface area (Å²) >= 11 is 0. The second-order valence-electron chi connectivity index (χ2n) is 5.37. The van der Waals surface area contributed by atoms with Crippen molar-refractivity contribution >= 4 is 0 Å². The molecular weight excluding hydrogens is 236 g/mol. The Morgan fingerprint density at radius 2 is 2.32 bits per heavy atom. The van der Waals surface area contributed by atoms with Crippen LogP contribution in [0.1, 0.15) is 38.3 Å². The minimum absolute atomic E-state index is 0.389. The van der Waals surface area contributed by atoms with E-state index in [1.807, 2.05) is 6.07 Å². The molecule has 2 atom stereocenters. The smallest absolute Gasteiger partial charge is 0.119 e. The van der Waals surface area contributed by atoms with E-state index in [0.29, 0.717) is 12.1 Å². The van der Waals surface area contributed by atoms with Gasteiger partial charge in [-0.15, -0.1) is 0 Å². The van der Waals surface area contributed by atoms with Crippen molar-refractivity contribution in [1.82, 2.24) is 10.2 Å². The van der Waals surface area contributed by atoms with Gasteiger partial charge in [0.05, 0.1) is 7.11 Å². The number of ether oxygens (including phenoxy) is 1. The van der Waals surface area contributed by atoms with Crippen LogP contribution in [0, 0.1) is 0 Å². The molecule has 1 saturated heterocycles. The molecular formula is C16H26N2O. The number of likely N-dealkylation sites (N-methyl/N-ethyl adjacent to an activating group) is 1. The maximum Gasteiger partial charge on any atom is 0.119 e. The van der Waals surface area contributed by atoms with Gasteiger partial charge in [0, 0.05) is 18.6 Å². The van der Waals surface area contributed by atoms with E-state index in [1.54, 1.807) is 7.11 Å². The normalized spacial score (nSPS) is 21.5. The van der Waals surface area contributed by atoms with Gasteiger partial charge in [0.25, 0.3) is 0 Å². The number of rotatable bonds is 6. The van der Waals surface area contributed by atoms with Gasteiger partial charge in [-0.3, -0.25) is 4.90 Å². The van der Waals surface area contributed by atoms with Crippen LogP contribution in [0.4, 0.5) is 0 Å². The molecule has 1 aliphatic rings. The minimum atomic E-state index is 0.389. The van der Waals surface area contributed by atoms with Gasteiger partial charge in [0.2, 0.25) is 0 Å². The first-order chi connectivity index (χ1) is 9.24. The van der Waals surface area contributed by atoms with Gasteiger partial charge in [0.15, 0.2) is 0 Å². The maximum absolute atomic E-state index is 5.33. The Bertz CT molecular complexity index is 394. The Balaban J connectivity index is 2.09. The number of hydrogen-bond donors (Lipinski definition) is 1. The fourth-order valence-electron chi connectivity index (χ4n) is 2.89. The highest BCUT2D eigenvalue weighted by Gasteiger charge is 2.23. The van der Waals surface area contributed by atoms with E-state index in [9.17, 15) is 0 Å². The first-order valence-electron chi connectivity index (χ1n) is 7.36. The summed E-state index contributed by atoms with van der Waals surface area (Å²) in [6, 6.07) is 9.52. The third kappa shape index (κ3) is 3.71. The van der Waals surface area contributed by atoms with E-state index in [4.69, 9.17) is 4.74 Å². The second-order valence-corrected chi connectivity index (χ2v) is 5.37. The fraction of sp³-hybridized carbons (Fsp3) is 0.625. The van der Waals surface area contributed by atoms with Crippen LogP contribution >= 0.6 is 0 Å². The molecule has 0 spiro atoms. The lowest BCUT2D eigenvalue weighted by molar-refractivity contribution is 0.238. The highest BCUT2D eigenvalue weighted by Crippen LogP contribution is 2.24. The Labute approximate surface area is 116 Å². The van der Waals surface area contributed by atoms with Gasteiger partial charge in [-0.25, -0.2) is 0 Å². The SMILES string of the molecule is CCNC(CN1CCCC1C)c1cccc(OC)c1. The minimum Gasteiger partial charge on any atom is -0.497 e. The number of hydrogen-bond acceptors (Lipinski definition) is 3. The molecule has 2 unspecified atom stereocenters. The molecule has 0 aromatic heterocycles. The molecule has 19 heavy (non-hydrogen) atoms. The Hall–Kier alpha value is -1.06. The van der Waals surface area contributed by atoms with Gasteiger partial charge >= 0.3 is 0 Å². The topological polar surface area (TPSA) is 24.5 Å². The summed E-state index contributed by atoms with van der Waals surface area (Å²) in [4.78, 5) is 2.59. The highest BCUT2D eigenvalue weighted by molar-refractivity contribution is 5.30. The maximum atomic E-state index is 5.33. The van der Waals surface area contributed by atoms with E-state index >= 15 is 0 Å². The predicted octanol–water partition coefficient (Wildman–Crippen LogP) is 2.83. The molecule has 1 aromatic carbocycles. The van der Waals surface area contributed by atoms with Crippen LogP contribution < -0.4 is 10.1 Å². The fourth-order valence-corrected chi connectivity index (χ4v) is 2.89. The van der Waals surface area contributed by atoms with Gasteiger partial charge in [-0.05, 0) is 50.6 Å². The van der Waals surface area contributed by atoms with Crippen LogP contribution in [0.3, 0.4) is 0 Å². The molecule has 0 amide bonds. The number of likely N-dealkylation sites (tertiary alicyclic amines) is 1. The van der Waals surface area contributed by atoms with Crippen molar-refractivity contribution < 1.29 is 4.74 Å². The number of benzene rings is 1. The lowest BCUT2D eigenvalue weighted by atomic mass is 10.1. The molecule has 1 aliphatic heterocycles. The number of methoxy groups -OCH3 is 1. The predicted molar refractivity (Wildman–Crippen MR) is 79.7 cm³/mol. The van der Waals surface area contributed by atoms with Crippen LogP contribution in [0.15, 0.2) is 24.3 Å². The molecule has 3 heteroatoms. The lowest BCUT2D eigenvalue weighted by Gasteiger charge is -2.28. The first kappa shape index (κ1) is 14.4. The van der Waals surface area contributed by atoms with Crippen molar-refractivity contribution in [2.75, 3.05) is 26.7 Å². The van der Waals surface area contributed by atoms with Crippen molar-refractivity contribution in [2.45, 2.75) is 38.8 Å². The van der Waals surface area contributed by atoms with Crippen molar-refractivity contribution in [3.8, 4) is 5.75 Å². The molecule has 1 aromatic rings. The lowest BCUT2D eigenvalue weighted by Crippen LogP contribution is -2.37. The third-order valence-electron chi connectivity index (χ3n) is 4.05. The van der Waals surface area contributed by atoms with Crippen LogP contribution in [0.25, 0.3) is 0 Å². The van der Waals surface area contributed by atoms with Crippen LogP contribution in [-0.2, 0) is 0 Å². The monoisotopic (exact) mass is 262 g/mol. The highest BCUT2D eigenvalue weighted by atomic mass is 16.5. The zero-order chi connectivity index (χ0) is 13.7. The summed E-state index contributed by atoms with van der Waals surface area (Å²) in [5, 5.41) is 3.60. The van der Waals surface area contributed by atoms with E-state index in [2.05, 4.69) is 42.3 Å². The number of nitrogens with one attached hydrogen (secondary N) is 1. The summed E-state index contributed by atoms with van der Waals surface area (Å²) in [6.07, 6.45) is 2.66. The van der Waals surface area contributed by atoms with Crippen molar-refractivity contribution in [2.24, 2.45) is 0 Å². The summed E-state index contributed by atoms with van der Waals surface area (Å²) in [5.74, 6) is 0.940. The van der Waals surface area contributed by atoms with E-state index in [0.717, 1.165) is 18.8 Å². The zero-order valence-electron chi connectivity index (χ0n) is 12.4. The Kier molecular flexibility index (Phi) is 5.23. The van der Waals surface area contributed by atoms with Crippen LogP contribution in [0.2, 0.25) is 0 Å². The quantitative estimate of drug-likeness (QED) is 0.853. The second kappa shape index (κ2) is 6.92. The van der Waals surface area contributed by atoms with Crippen LogP contribution in [0.5, 0.6) is 5.75 Å². The molecule has 1 N–H and O–H groups in total. The Morgan fingerprint density at radius 1 is 1.47 bits per heavy atom. The first-order valence-corrected chi connectivity index (χ1v) is 7.36. The van der Waals surface area contributed by atoms with Gasteiger partial charge in [-0.2, -0.15) is 0 Å². The number of nitrogens with zero attached hydrogens (tertiary/aromatic N) is 1. The Morgan fingerprint density at radius 3 is 2.95 bits per heavy atom. The molecule has 3 nitrogen and oxygen atoms in total. The summed E-state index contributed by atoms with van der Waals surface area (Å²) in [7, 11) is 1.73.